The van der Waals surface area contributed by atoms with Crippen LogP contribution in [0.25, 0.3) is 10.9 Å². The molecule has 1 aromatic heterocycles. The van der Waals surface area contributed by atoms with Gasteiger partial charge in [0.1, 0.15) is 0 Å². The molecule has 3 heterocycles. The number of nitrogens with zero attached hydrogens (tertiary/aromatic N) is 3. The lowest BCUT2D eigenvalue weighted by Gasteiger charge is -2.43. The smallest absolute Gasteiger partial charge is 0.409 e. The molecule has 1 N–H and O–H groups in total. The molecule has 0 radical (unpaired) electrons. The molecule has 1 unspecified atom stereocenters. The second-order valence-electron chi connectivity index (χ2n) is 7.61. The number of carbonyl (C=O) groups is 1. The van der Waals surface area contributed by atoms with Gasteiger partial charge in [0.25, 0.3) is 0 Å². The molecule has 0 spiro atoms. The quantitative estimate of drug-likeness (QED) is 0.899. The number of hydrogen-bond donors (Lipinski definition) is 1. The summed E-state index contributed by atoms with van der Waals surface area (Å²) < 4.78 is 5.13. The third-order valence-corrected chi connectivity index (χ3v) is 5.91. The van der Waals surface area contributed by atoms with E-state index in [0.717, 1.165) is 39.3 Å². The second-order valence-corrected chi connectivity index (χ2v) is 7.61. The Morgan fingerprint density at radius 3 is 2.81 bits per heavy atom. The summed E-state index contributed by atoms with van der Waals surface area (Å²) in [6.45, 7) is 9.04. The number of hydrogen-bond acceptors (Lipinski definition) is 4. The lowest BCUT2D eigenvalue weighted by molar-refractivity contribution is 0.0413. The predicted octanol–water partition coefficient (Wildman–Crippen LogP) is 2.91. The van der Waals surface area contributed by atoms with Crippen LogP contribution in [-0.4, -0.2) is 77.7 Å². The Hall–Kier alpha value is -2.05. The lowest BCUT2D eigenvalue weighted by Crippen LogP contribution is -2.55. The Morgan fingerprint density at radius 2 is 2.00 bits per heavy atom. The number of H-pyrrole nitrogens is 1. The number of benzene rings is 1. The number of aromatic amines is 1. The summed E-state index contributed by atoms with van der Waals surface area (Å²) in [6, 6.07) is 9.13. The number of amides is 1. The van der Waals surface area contributed by atoms with Crippen LogP contribution in [0.4, 0.5) is 4.79 Å². The highest BCUT2D eigenvalue weighted by molar-refractivity contribution is 5.82. The van der Waals surface area contributed by atoms with E-state index >= 15 is 0 Å². The van der Waals surface area contributed by atoms with Crippen LogP contribution in [0, 0.1) is 0 Å². The molecule has 2 aliphatic heterocycles. The molecular formula is C21H30N4O2. The number of rotatable bonds is 4. The fourth-order valence-corrected chi connectivity index (χ4v) is 4.46. The van der Waals surface area contributed by atoms with Gasteiger partial charge < -0.3 is 14.6 Å². The summed E-state index contributed by atoms with van der Waals surface area (Å²) in [5, 5.41) is 1.34. The fourth-order valence-electron chi connectivity index (χ4n) is 4.46. The maximum absolute atomic E-state index is 11.9. The van der Waals surface area contributed by atoms with Crippen molar-refractivity contribution >= 4 is 17.0 Å². The normalized spacial score (nSPS) is 22.3. The van der Waals surface area contributed by atoms with Crippen molar-refractivity contribution < 1.29 is 9.53 Å². The predicted molar refractivity (Wildman–Crippen MR) is 107 cm³/mol. The third-order valence-electron chi connectivity index (χ3n) is 5.91. The van der Waals surface area contributed by atoms with Gasteiger partial charge in [0.05, 0.1) is 6.61 Å². The zero-order valence-corrected chi connectivity index (χ0v) is 16.2. The van der Waals surface area contributed by atoms with E-state index in [2.05, 4.69) is 45.2 Å². The van der Waals surface area contributed by atoms with Crippen molar-refractivity contribution in [2.75, 3.05) is 45.9 Å². The molecule has 2 aromatic rings. The summed E-state index contributed by atoms with van der Waals surface area (Å²) >= 11 is 0. The number of ether oxygens (including phenoxy) is 1. The first-order valence-corrected chi connectivity index (χ1v) is 10.2. The number of piperazine rings is 1. The van der Waals surface area contributed by atoms with Gasteiger partial charge in [-0.15, -0.1) is 0 Å². The zero-order chi connectivity index (χ0) is 18.6. The standard InChI is InChI=1S/C21H30N4O2/c1-2-27-21(26)25-12-10-24(11-13-25)18-6-5-9-23(16-18)15-17-14-22-20-8-4-3-7-19(17)20/h3-4,7-8,14,18,22H,2,5-6,9-13,15-16H2,1H3. The van der Waals surface area contributed by atoms with E-state index in [9.17, 15) is 4.79 Å². The molecule has 0 aliphatic carbocycles. The highest BCUT2D eigenvalue weighted by atomic mass is 16.6. The molecule has 2 fully saturated rings. The van der Waals surface area contributed by atoms with Crippen molar-refractivity contribution in [3.8, 4) is 0 Å². The first kappa shape index (κ1) is 18.3. The van der Waals surface area contributed by atoms with Crippen LogP contribution in [0.2, 0.25) is 0 Å². The topological polar surface area (TPSA) is 51.8 Å². The number of piperidine rings is 1. The molecule has 6 heteroatoms. The van der Waals surface area contributed by atoms with Crippen molar-refractivity contribution in [2.24, 2.45) is 0 Å². The van der Waals surface area contributed by atoms with Gasteiger partial charge >= 0.3 is 6.09 Å². The van der Waals surface area contributed by atoms with E-state index in [4.69, 9.17) is 4.74 Å². The zero-order valence-electron chi connectivity index (χ0n) is 16.2. The SMILES string of the molecule is CCOC(=O)N1CCN(C2CCCN(Cc3c[nH]c4ccccc34)C2)CC1. The second kappa shape index (κ2) is 8.31. The molecule has 2 saturated heterocycles. The molecule has 1 aromatic carbocycles. The van der Waals surface area contributed by atoms with Crippen LogP contribution >= 0.6 is 0 Å². The van der Waals surface area contributed by atoms with Crippen molar-refractivity contribution in [1.82, 2.24) is 19.7 Å². The van der Waals surface area contributed by atoms with E-state index in [1.54, 1.807) is 0 Å². The van der Waals surface area contributed by atoms with E-state index < -0.39 is 0 Å². The maximum atomic E-state index is 11.9. The lowest BCUT2D eigenvalue weighted by atomic mass is 10.0. The van der Waals surface area contributed by atoms with Crippen molar-refractivity contribution in [1.29, 1.82) is 0 Å². The fraction of sp³-hybridized carbons (Fsp3) is 0.571. The summed E-state index contributed by atoms with van der Waals surface area (Å²) in [7, 11) is 0. The molecule has 4 rings (SSSR count). The number of likely N-dealkylation sites (tertiary alicyclic amines) is 1. The molecular weight excluding hydrogens is 340 g/mol. The Labute approximate surface area is 161 Å². The number of fused-ring (bicyclic) bond motifs is 1. The van der Waals surface area contributed by atoms with Gasteiger partial charge in [-0.25, -0.2) is 4.79 Å². The van der Waals surface area contributed by atoms with Crippen molar-refractivity contribution in [3.63, 3.8) is 0 Å². The monoisotopic (exact) mass is 370 g/mol. The van der Waals surface area contributed by atoms with Crippen LogP contribution in [0.1, 0.15) is 25.3 Å². The highest BCUT2D eigenvalue weighted by Crippen LogP contribution is 2.23. The Bertz CT molecular complexity index is 766. The molecule has 2 aliphatic rings. The van der Waals surface area contributed by atoms with E-state index in [1.165, 1.54) is 35.9 Å². The van der Waals surface area contributed by atoms with Crippen LogP contribution in [-0.2, 0) is 11.3 Å². The van der Waals surface area contributed by atoms with Crippen LogP contribution in [0.3, 0.4) is 0 Å². The largest absolute Gasteiger partial charge is 0.450 e. The number of aromatic nitrogens is 1. The van der Waals surface area contributed by atoms with E-state index in [1.807, 2.05) is 11.8 Å². The third kappa shape index (κ3) is 4.12. The van der Waals surface area contributed by atoms with Gasteiger partial charge in [0, 0.05) is 62.4 Å². The van der Waals surface area contributed by atoms with Crippen LogP contribution < -0.4 is 0 Å². The van der Waals surface area contributed by atoms with Crippen LogP contribution in [0.15, 0.2) is 30.5 Å². The van der Waals surface area contributed by atoms with E-state index in [0.29, 0.717) is 12.6 Å². The van der Waals surface area contributed by atoms with Gasteiger partial charge in [-0.3, -0.25) is 9.80 Å². The Kier molecular flexibility index (Phi) is 5.64. The van der Waals surface area contributed by atoms with Crippen molar-refractivity contribution in [2.45, 2.75) is 32.4 Å². The molecule has 6 nitrogen and oxygen atoms in total. The van der Waals surface area contributed by atoms with Gasteiger partial charge in [0.15, 0.2) is 0 Å². The molecule has 146 valence electrons. The molecule has 27 heavy (non-hydrogen) atoms. The minimum Gasteiger partial charge on any atom is -0.450 e. The number of carbonyl (C=O) groups excluding carboxylic acids is 1. The summed E-state index contributed by atoms with van der Waals surface area (Å²) in [5.41, 5.74) is 2.61. The maximum Gasteiger partial charge on any atom is 0.409 e. The average Bonchev–Trinajstić information content (AvgIpc) is 3.11. The van der Waals surface area contributed by atoms with Gasteiger partial charge in [0.2, 0.25) is 0 Å². The molecule has 1 atom stereocenters. The van der Waals surface area contributed by atoms with Gasteiger partial charge in [-0.2, -0.15) is 0 Å². The molecule has 0 saturated carbocycles. The highest BCUT2D eigenvalue weighted by Gasteiger charge is 2.29. The average molecular weight is 370 g/mol. The van der Waals surface area contributed by atoms with Gasteiger partial charge in [-0.05, 0) is 37.9 Å². The number of para-hydroxylation sites is 1. The van der Waals surface area contributed by atoms with Gasteiger partial charge in [-0.1, -0.05) is 18.2 Å². The molecule has 1 amide bonds. The van der Waals surface area contributed by atoms with E-state index in [-0.39, 0.29) is 6.09 Å². The first-order valence-electron chi connectivity index (χ1n) is 10.2. The minimum absolute atomic E-state index is 0.165. The molecule has 0 bridgehead atoms. The Morgan fingerprint density at radius 1 is 1.19 bits per heavy atom. The minimum atomic E-state index is -0.165. The first-order chi connectivity index (χ1) is 13.2. The van der Waals surface area contributed by atoms with Crippen LogP contribution in [0.5, 0.6) is 0 Å². The summed E-state index contributed by atoms with van der Waals surface area (Å²) in [6.07, 6.45) is 4.49. The van der Waals surface area contributed by atoms with Crippen molar-refractivity contribution in [3.05, 3.63) is 36.0 Å². The number of nitrogens with one attached hydrogen (secondary N) is 1. The summed E-state index contributed by atoms with van der Waals surface area (Å²) in [5.74, 6) is 0. The summed E-state index contributed by atoms with van der Waals surface area (Å²) in [4.78, 5) is 22.3. The Balaban J connectivity index is 1.33.